The molecule has 4 atom stereocenters. The van der Waals surface area contributed by atoms with Gasteiger partial charge in [-0.2, -0.15) is 0 Å². The SMILES string of the molecule is CCCCCCN1C(=O)[C@@H]2[C@H](C1=O)[C@@]1(c3ccccc3)C(=O)[C@]2(c2ccccc2)c2c1c1cc(OC)c(OC)cc1c1cc(OC)c(OC)cc21. The number of rotatable bonds is 11. The van der Waals surface area contributed by atoms with Gasteiger partial charge >= 0.3 is 0 Å². The molecular weight excluding hydrogens is 642 g/mol. The molecule has 2 bridgehead atoms. The molecule has 8 rings (SSSR count). The van der Waals surface area contributed by atoms with Crippen LogP contribution in [-0.2, 0) is 25.2 Å². The quantitative estimate of drug-likeness (QED) is 0.0816. The number of ketones is 1. The number of hydrogen-bond acceptors (Lipinski definition) is 7. The van der Waals surface area contributed by atoms with Crippen molar-refractivity contribution in [2.24, 2.45) is 11.8 Å². The highest BCUT2D eigenvalue weighted by Gasteiger charge is 2.82. The van der Waals surface area contributed by atoms with Crippen molar-refractivity contribution in [3.05, 3.63) is 107 Å². The number of methoxy groups -OCH3 is 4. The minimum Gasteiger partial charge on any atom is -0.493 e. The van der Waals surface area contributed by atoms with Crippen LogP contribution >= 0.6 is 0 Å². The van der Waals surface area contributed by atoms with Crippen LogP contribution in [-0.4, -0.2) is 57.5 Å². The van der Waals surface area contributed by atoms with E-state index in [4.69, 9.17) is 18.9 Å². The number of hydrogen-bond donors (Lipinski definition) is 0. The maximum Gasteiger partial charge on any atom is 0.234 e. The average Bonchev–Trinajstić information content (AvgIpc) is 3.68. The highest BCUT2D eigenvalue weighted by Crippen LogP contribution is 2.73. The summed E-state index contributed by atoms with van der Waals surface area (Å²) in [5, 5.41) is 3.09. The van der Waals surface area contributed by atoms with Crippen molar-refractivity contribution >= 4 is 39.1 Å². The molecule has 1 heterocycles. The lowest BCUT2D eigenvalue weighted by atomic mass is 9.59. The summed E-state index contributed by atoms with van der Waals surface area (Å²) in [6.45, 7) is 2.45. The molecule has 5 aromatic rings. The summed E-state index contributed by atoms with van der Waals surface area (Å²) >= 11 is 0. The van der Waals surface area contributed by atoms with Gasteiger partial charge in [-0.15, -0.1) is 0 Å². The van der Waals surface area contributed by atoms with Gasteiger partial charge in [-0.25, -0.2) is 0 Å². The Balaban J connectivity index is 1.60. The zero-order chi connectivity index (χ0) is 35.7. The first-order valence-corrected chi connectivity index (χ1v) is 17.7. The minimum absolute atomic E-state index is 0.164. The van der Waals surface area contributed by atoms with Crippen molar-refractivity contribution in [2.75, 3.05) is 35.0 Å². The van der Waals surface area contributed by atoms with E-state index in [-0.39, 0.29) is 17.6 Å². The fourth-order valence-corrected chi connectivity index (χ4v) is 9.67. The number of likely N-dealkylation sites (tertiary alicyclic amines) is 1. The Morgan fingerprint density at radius 2 is 0.941 bits per heavy atom. The molecule has 3 aliphatic rings. The number of carbonyl (C=O) groups excluding carboxylic acids is 3. The van der Waals surface area contributed by atoms with E-state index in [1.165, 1.54) is 4.90 Å². The van der Waals surface area contributed by atoms with Gasteiger partial charge in [-0.1, -0.05) is 86.8 Å². The van der Waals surface area contributed by atoms with Gasteiger partial charge in [0.05, 0.1) is 51.1 Å². The van der Waals surface area contributed by atoms with Crippen LogP contribution in [0.15, 0.2) is 84.9 Å². The highest BCUT2D eigenvalue weighted by molar-refractivity contribution is 6.29. The summed E-state index contributed by atoms with van der Waals surface area (Å²) in [7, 11) is 6.35. The number of imide groups is 1. The molecule has 2 fully saturated rings. The van der Waals surface area contributed by atoms with E-state index in [9.17, 15) is 0 Å². The molecule has 2 aliphatic carbocycles. The number of amides is 2. The minimum atomic E-state index is -1.48. The Kier molecular flexibility index (Phi) is 7.82. The normalized spacial score (nSPS) is 23.2. The Hall–Kier alpha value is -5.37. The predicted molar refractivity (Wildman–Crippen MR) is 195 cm³/mol. The van der Waals surface area contributed by atoms with Gasteiger partial charge in [0.1, 0.15) is 0 Å². The summed E-state index contributed by atoms with van der Waals surface area (Å²) in [5.41, 5.74) is -0.164. The summed E-state index contributed by atoms with van der Waals surface area (Å²) in [4.78, 5) is 47.7. The second-order valence-corrected chi connectivity index (χ2v) is 13.8. The van der Waals surface area contributed by atoms with Crippen LogP contribution < -0.4 is 18.9 Å². The first kappa shape index (κ1) is 32.8. The maximum absolute atomic E-state index is 16.2. The van der Waals surface area contributed by atoms with Gasteiger partial charge in [-0.05, 0) is 74.5 Å². The van der Waals surface area contributed by atoms with E-state index in [1.807, 2.05) is 84.9 Å². The van der Waals surface area contributed by atoms with Gasteiger partial charge in [0.25, 0.3) is 0 Å². The van der Waals surface area contributed by atoms with Gasteiger partial charge < -0.3 is 18.9 Å². The van der Waals surface area contributed by atoms with Crippen molar-refractivity contribution < 1.29 is 33.3 Å². The Morgan fingerprint density at radius 1 is 0.549 bits per heavy atom. The lowest BCUT2D eigenvalue weighted by molar-refractivity contribution is -0.143. The standard InChI is InChI=1S/C43H41NO7/c1-6-7-8-15-20-44-39(45)37-38(40(44)46)43(26-18-13-10-14-19-26)36-30-24-34(51-5)32(49-3)22-28(30)27-21-31(48-2)33(50-4)23-29(27)35(36)42(37,41(43)47)25-16-11-9-12-17-25/h9-14,16-19,21-24,37-38H,6-8,15,20H2,1-5H3/t37-,38+,42+,43-. The molecule has 0 spiro atoms. The fraction of sp³-hybridized carbons (Fsp3) is 0.326. The molecule has 51 heavy (non-hydrogen) atoms. The van der Waals surface area contributed by atoms with E-state index >= 15 is 14.4 Å². The fourth-order valence-electron chi connectivity index (χ4n) is 9.67. The first-order valence-electron chi connectivity index (χ1n) is 17.7. The molecule has 260 valence electrons. The Bertz CT molecular complexity index is 2080. The smallest absolute Gasteiger partial charge is 0.234 e. The van der Waals surface area contributed by atoms with Crippen LogP contribution in [0.1, 0.15) is 54.9 Å². The maximum atomic E-state index is 16.2. The average molecular weight is 684 g/mol. The van der Waals surface area contributed by atoms with Crippen molar-refractivity contribution in [1.29, 1.82) is 0 Å². The third kappa shape index (κ3) is 4.10. The molecule has 0 unspecified atom stereocenters. The van der Waals surface area contributed by atoms with E-state index < -0.39 is 22.7 Å². The highest BCUT2D eigenvalue weighted by atomic mass is 16.5. The third-order valence-corrected chi connectivity index (χ3v) is 11.7. The van der Waals surface area contributed by atoms with Crippen LogP contribution in [0.3, 0.4) is 0 Å². The summed E-state index contributed by atoms with van der Waals surface area (Å²) in [5.74, 6) is -0.630. The molecule has 0 N–H and O–H groups in total. The summed E-state index contributed by atoms with van der Waals surface area (Å²) < 4.78 is 23.4. The molecule has 1 saturated carbocycles. The number of fused-ring (bicyclic) bond motifs is 13. The molecule has 1 saturated heterocycles. The first-order chi connectivity index (χ1) is 24.9. The number of ether oxygens (including phenoxy) is 4. The number of benzene rings is 5. The Labute approximate surface area is 297 Å². The molecule has 0 radical (unpaired) electrons. The predicted octanol–water partition coefficient (Wildman–Crippen LogP) is 7.38. The summed E-state index contributed by atoms with van der Waals surface area (Å²) in [6, 6.07) is 26.8. The van der Waals surface area contributed by atoms with E-state index in [0.717, 1.165) is 40.8 Å². The molecule has 2 amide bonds. The van der Waals surface area contributed by atoms with Gasteiger partial charge in [0.2, 0.25) is 11.8 Å². The zero-order valence-corrected chi connectivity index (χ0v) is 29.6. The van der Waals surface area contributed by atoms with Crippen molar-refractivity contribution in [2.45, 2.75) is 43.4 Å². The number of Topliss-reactive ketones (excluding diaryl/α,β-unsaturated/α-hetero) is 1. The van der Waals surface area contributed by atoms with E-state index in [0.29, 0.717) is 58.2 Å². The van der Waals surface area contributed by atoms with Gasteiger partial charge in [0, 0.05) is 6.54 Å². The number of unbranched alkanes of at least 4 members (excludes halogenated alkanes) is 3. The van der Waals surface area contributed by atoms with Crippen molar-refractivity contribution in [3.63, 3.8) is 0 Å². The van der Waals surface area contributed by atoms with Crippen molar-refractivity contribution in [1.82, 2.24) is 4.90 Å². The van der Waals surface area contributed by atoms with Crippen LogP contribution in [0.25, 0.3) is 21.5 Å². The second-order valence-electron chi connectivity index (χ2n) is 13.8. The monoisotopic (exact) mass is 683 g/mol. The molecule has 5 aromatic carbocycles. The van der Waals surface area contributed by atoms with Crippen LogP contribution in [0.2, 0.25) is 0 Å². The van der Waals surface area contributed by atoms with E-state index in [1.54, 1.807) is 28.4 Å². The number of carbonyl (C=O) groups is 3. The molecular formula is C43H41NO7. The van der Waals surface area contributed by atoms with Gasteiger partial charge in [-0.3, -0.25) is 19.3 Å². The molecule has 1 aliphatic heterocycles. The molecule has 8 heteroatoms. The topological polar surface area (TPSA) is 91.4 Å². The van der Waals surface area contributed by atoms with Gasteiger partial charge in [0.15, 0.2) is 28.8 Å². The summed E-state index contributed by atoms with van der Waals surface area (Å²) in [6.07, 6.45) is 3.67. The van der Waals surface area contributed by atoms with Crippen LogP contribution in [0.5, 0.6) is 23.0 Å². The lowest BCUT2D eigenvalue weighted by Crippen LogP contribution is -2.45. The molecule has 8 nitrogen and oxygen atoms in total. The zero-order valence-electron chi connectivity index (χ0n) is 29.6. The molecule has 0 aromatic heterocycles. The second kappa shape index (κ2) is 12.1. The van der Waals surface area contributed by atoms with Crippen LogP contribution in [0, 0.1) is 11.8 Å². The third-order valence-electron chi connectivity index (χ3n) is 11.7. The van der Waals surface area contributed by atoms with Crippen molar-refractivity contribution in [3.8, 4) is 23.0 Å². The lowest BCUT2D eigenvalue weighted by Gasteiger charge is -2.38. The Morgan fingerprint density at radius 3 is 1.31 bits per heavy atom. The largest absolute Gasteiger partial charge is 0.493 e. The van der Waals surface area contributed by atoms with Crippen LogP contribution in [0.4, 0.5) is 0 Å². The van der Waals surface area contributed by atoms with E-state index in [2.05, 4.69) is 6.92 Å². The number of nitrogens with zero attached hydrogens (tertiary/aromatic N) is 1.